The molecule has 1 rings (SSSR count). The molecule has 1 aliphatic rings. The minimum Gasteiger partial charge on any atom is -0.350 e. The van der Waals surface area contributed by atoms with Crippen LogP contribution in [-0.4, -0.2) is 24.0 Å². The van der Waals surface area contributed by atoms with Crippen LogP contribution in [-0.2, 0) is 4.79 Å². The Balaban J connectivity index is 2.16. The van der Waals surface area contributed by atoms with E-state index in [0.717, 1.165) is 12.8 Å². The van der Waals surface area contributed by atoms with Gasteiger partial charge in [0.25, 0.3) is 0 Å². The van der Waals surface area contributed by atoms with Gasteiger partial charge in [-0.05, 0) is 33.1 Å². The fraction of sp³-hybridized carbons (Fsp3) is 0.909. The van der Waals surface area contributed by atoms with E-state index in [4.69, 9.17) is 0 Å². The van der Waals surface area contributed by atoms with Crippen molar-refractivity contribution in [1.29, 1.82) is 0 Å². The first-order chi connectivity index (χ1) is 6.53. The molecule has 2 N–H and O–H groups in total. The highest BCUT2D eigenvalue weighted by Crippen LogP contribution is 2.18. The highest BCUT2D eigenvalue weighted by molar-refractivity contribution is 5.78. The second-order valence-corrected chi connectivity index (χ2v) is 4.84. The summed E-state index contributed by atoms with van der Waals surface area (Å²) in [5.74, 6) is 0.121. The van der Waals surface area contributed by atoms with E-state index < -0.39 is 0 Å². The lowest BCUT2D eigenvalue weighted by Crippen LogP contribution is -2.47. The molecule has 3 nitrogen and oxygen atoms in total. The van der Waals surface area contributed by atoms with Gasteiger partial charge < -0.3 is 10.6 Å². The van der Waals surface area contributed by atoms with Crippen molar-refractivity contribution in [3.63, 3.8) is 0 Å². The Hall–Kier alpha value is -0.570. The maximum Gasteiger partial charge on any atom is 0.234 e. The van der Waals surface area contributed by atoms with E-state index in [1.807, 2.05) is 0 Å². The first kappa shape index (κ1) is 11.5. The third-order valence-electron chi connectivity index (χ3n) is 2.48. The second kappa shape index (κ2) is 4.78. The summed E-state index contributed by atoms with van der Waals surface area (Å²) in [5.41, 5.74) is -0.0585. The molecule has 0 aromatic heterocycles. The molecule has 1 aliphatic carbocycles. The van der Waals surface area contributed by atoms with Gasteiger partial charge in [0.05, 0.1) is 6.54 Å². The van der Waals surface area contributed by atoms with E-state index in [9.17, 15) is 4.79 Å². The Kier molecular flexibility index (Phi) is 3.93. The van der Waals surface area contributed by atoms with Crippen molar-refractivity contribution < 1.29 is 4.79 Å². The summed E-state index contributed by atoms with van der Waals surface area (Å²) in [6, 6.07) is 0.607. The smallest absolute Gasteiger partial charge is 0.234 e. The third kappa shape index (κ3) is 4.61. The summed E-state index contributed by atoms with van der Waals surface area (Å²) < 4.78 is 0. The fourth-order valence-electron chi connectivity index (χ4n) is 1.63. The van der Waals surface area contributed by atoms with Crippen LogP contribution in [0.15, 0.2) is 0 Å². The Morgan fingerprint density at radius 1 is 1.43 bits per heavy atom. The topological polar surface area (TPSA) is 41.1 Å². The lowest BCUT2D eigenvalue weighted by molar-refractivity contribution is -0.121. The number of amides is 1. The van der Waals surface area contributed by atoms with Crippen LogP contribution in [0.2, 0.25) is 0 Å². The van der Waals surface area contributed by atoms with Gasteiger partial charge in [0.1, 0.15) is 0 Å². The second-order valence-electron chi connectivity index (χ2n) is 4.84. The first-order valence-electron chi connectivity index (χ1n) is 5.58. The van der Waals surface area contributed by atoms with Gasteiger partial charge >= 0.3 is 0 Å². The summed E-state index contributed by atoms with van der Waals surface area (Å²) in [5, 5.41) is 6.25. The lowest BCUT2D eigenvalue weighted by atomic mass is 9.99. The van der Waals surface area contributed by atoms with E-state index in [1.165, 1.54) is 12.8 Å². The Morgan fingerprint density at radius 3 is 2.57 bits per heavy atom. The van der Waals surface area contributed by atoms with Gasteiger partial charge in [-0.15, -0.1) is 0 Å². The fourth-order valence-corrected chi connectivity index (χ4v) is 1.63. The van der Waals surface area contributed by atoms with E-state index in [0.29, 0.717) is 12.6 Å². The van der Waals surface area contributed by atoms with Crippen LogP contribution in [0.1, 0.15) is 46.5 Å². The molecule has 0 heterocycles. The minimum absolute atomic E-state index is 0.0585. The van der Waals surface area contributed by atoms with E-state index in [2.05, 4.69) is 31.4 Å². The number of nitrogens with one attached hydrogen (secondary N) is 2. The molecule has 0 bridgehead atoms. The summed E-state index contributed by atoms with van der Waals surface area (Å²) in [6.45, 7) is 6.76. The van der Waals surface area contributed by atoms with Gasteiger partial charge in [0.2, 0.25) is 5.91 Å². The molecule has 1 amide bonds. The van der Waals surface area contributed by atoms with Crippen molar-refractivity contribution in [3.05, 3.63) is 0 Å². The van der Waals surface area contributed by atoms with Gasteiger partial charge in [-0.25, -0.2) is 0 Å². The van der Waals surface area contributed by atoms with E-state index in [1.54, 1.807) is 0 Å². The molecule has 1 saturated carbocycles. The van der Waals surface area contributed by atoms with Gasteiger partial charge in [0.15, 0.2) is 0 Å². The minimum atomic E-state index is -0.0585. The van der Waals surface area contributed by atoms with E-state index in [-0.39, 0.29) is 11.4 Å². The maximum absolute atomic E-state index is 11.5. The largest absolute Gasteiger partial charge is 0.350 e. The zero-order valence-electron chi connectivity index (χ0n) is 9.52. The number of rotatable bonds is 6. The molecule has 0 radical (unpaired) electrons. The maximum atomic E-state index is 11.5. The summed E-state index contributed by atoms with van der Waals surface area (Å²) in [4.78, 5) is 11.5. The number of carbonyl (C=O) groups excluding carboxylic acids is 1. The molecule has 82 valence electrons. The van der Waals surface area contributed by atoms with Crippen LogP contribution in [0.4, 0.5) is 0 Å². The van der Waals surface area contributed by atoms with Gasteiger partial charge in [-0.3, -0.25) is 4.79 Å². The van der Waals surface area contributed by atoms with Crippen LogP contribution in [0.25, 0.3) is 0 Å². The SMILES string of the molecule is CCCC(C)(C)NC(=O)CNC1CC1. The average molecular weight is 198 g/mol. The number of hydrogen-bond acceptors (Lipinski definition) is 2. The van der Waals surface area contributed by atoms with Crippen molar-refractivity contribution in [2.24, 2.45) is 0 Å². The monoisotopic (exact) mass is 198 g/mol. The zero-order chi connectivity index (χ0) is 10.6. The van der Waals surface area contributed by atoms with E-state index >= 15 is 0 Å². The predicted octanol–water partition coefficient (Wildman–Crippen LogP) is 1.43. The van der Waals surface area contributed by atoms with Crippen molar-refractivity contribution in [3.8, 4) is 0 Å². The zero-order valence-corrected chi connectivity index (χ0v) is 9.52. The molecule has 0 unspecified atom stereocenters. The molecule has 0 aromatic rings. The Bertz CT molecular complexity index is 197. The first-order valence-corrected chi connectivity index (χ1v) is 5.58. The number of carbonyl (C=O) groups is 1. The lowest BCUT2D eigenvalue weighted by Gasteiger charge is -2.25. The van der Waals surface area contributed by atoms with Crippen molar-refractivity contribution in [2.45, 2.75) is 58.0 Å². The molecule has 1 fully saturated rings. The molecular formula is C11H22N2O. The predicted molar refractivity (Wildman–Crippen MR) is 58.2 cm³/mol. The molecule has 0 atom stereocenters. The molecule has 0 aliphatic heterocycles. The molecule has 14 heavy (non-hydrogen) atoms. The summed E-state index contributed by atoms with van der Waals surface area (Å²) in [7, 11) is 0. The molecule has 3 heteroatoms. The van der Waals surface area contributed by atoms with Crippen LogP contribution in [0, 0.1) is 0 Å². The Morgan fingerprint density at radius 2 is 2.07 bits per heavy atom. The van der Waals surface area contributed by atoms with Gasteiger partial charge in [-0.1, -0.05) is 13.3 Å². The molecule has 0 saturated heterocycles. The van der Waals surface area contributed by atoms with Crippen LogP contribution >= 0.6 is 0 Å². The summed E-state index contributed by atoms with van der Waals surface area (Å²) in [6.07, 6.45) is 4.59. The van der Waals surface area contributed by atoms with Crippen molar-refractivity contribution in [1.82, 2.24) is 10.6 Å². The highest BCUT2D eigenvalue weighted by Gasteiger charge is 2.23. The number of hydrogen-bond donors (Lipinski definition) is 2. The molecule has 0 spiro atoms. The van der Waals surface area contributed by atoms with Crippen LogP contribution < -0.4 is 10.6 Å². The third-order valence-corrected chi connectivity index (χ3v) is 2.48. The highest BCUT2D eigenvalue weighted by atomic mass is 16.2. The van der Waals surface area contributed by atoms with Crippen molar-refractivity contribution in [2.75, 3.05) is 6.54 Å². The van der Waals surface area contributed by atoms with Gasteiger partial charge in [0, 0.05) is 11.6 Å². The van der Waals surface area contributed by atoms with Crippen LogP contribution in [0.5, 0.6) is 0 Å². The van der Waals surface area contributed by atoms with Crippen molar-refractivity contribution >= 4 is 5.91 Å². The molecular weight excluding hydrogens is 176 g/mol. The van der Waals surface area contributed by atoms with Crippen LogP contribution in [0.3, 0.4) is 0 Å². The summed E-state index contributed by atoms with van der Waals surface area (Å²) >= 11 is 0. The average Bonchev–Trinajstić information content (AvgIpc) is 2.82. The molecule has 0 aromatic carbocycles. The normalized spacial score (nSPS) is 16.8. The quantitative estimate of drug-likeness (QED) is 0.678. The standard InChI is InChI=1S/C11H22N2O/c1-4-7-11(2,3)13-10(14)8-12-9-5-6-9/h9,12H,4-8H2,1-3H3,(H,13,14). The van der Waals surface area contributed by atoms with Gasteiger partial charge in [-0.2, -0.15) is 0 Å². The Labute approximate surface area is 86.6 Å².